The lowest BCUT2D eigenvalue weighted by Gasteiger charge is -2.31. The molecule has 1 atom stereocenters. The summed E-state index contributed by atoms with van der Waals surface area (Å²) in [5.41, 5.74) is 3.26. The molecule has 2 aromatic carbocycles. The van der Waals surface area contributed by atoms with Crippen molar-refractivity contribution in [1.82, 2.24) is 0 Å². The average molecular weight is 517 g/mol. The molecule has 0 heterocycles. The molecule has 6 nitrogen and oxygen atoms in total. The SMILES string of the molecule is CCCCC(Oc1ccc(C(C)(C)CC)cc1C(C)(C)CC)C(=O)Nc1ccc(S(N)(=O)=O)c(C)c1. The molecule has 2 rings (SSSR count). The maximum atomic E-state index is 13.3. The number of carbonyl (C=O) groups excluding carboxylic acids is 1. The summed E-state index contributed by atoms with van der Waals surface area (Å²) in [6.07, 6.45) is 3.62. The van der Waals surface area contributed by atoms with Crippen LogP contribution in [0, 0.1) is 6.92 Å². The molecule has 0 fully saturated rings. The van der Waals surface area contributed by atoms with E-state index >= 15 is 0 Å². The Morgan fingerprint density at radius 1 is 1.00 bits per heavy atom. The van der Waals surface area contributed by atoms with E-state index in [1.165, 1.54) is 11.6 Å². The number of hydrogen-bond donors (Lipinski definition) is 2. The number of ether oxygens (including phenoxy) is 1. The van der Waals surface area contributed by atoms with Gasteiger partial charge in [-0.05, 0) is 78.8 Å². The second-order valence-electron chi connectivity index (χ2n) is 10.9. The van der Waals surface area contributed by atoms with E-state index in [-0.39, 0.29) is 21.6 Å². The normalized spacial score (nSPS) is 13.4. The second kappa shape index (κ2) is 11.8. The number of anilines is 1. The van der Waals surface area contributed by atoms with Gasteiger partial charge in [-0.1, -0.05) is 67.0 Å². The van der Waals surface area contributed by atoms with Gasteiger partial charge in [0.05, 0.1) is 4.90 Å². The third kappa shape index (κ3) is 7.32. The van der Waals surface area contributed by atoms with Gasteiger partial charge in [0.2, 0.25) is 10.0 Å². The van der Waals surface area contributed by atoms with Crippen LogP contribution in [0.4, 0.5) is 5.69 Å². The third-order valence-corrected chi connectivity index (χ3v) is 8.46. The van der Waals surface area contributed by atoms with Gasteiger partial charge in [-0.3, -0.25) is 4.79 Å². The molecule has 0 bridgehead atoms. The van der Waals surface area contributed by atoms with Crippen molar-refractivity contribution in [2.24, 2.45) is 5.14 Å². The summed E-state index contributed by atoms with van der Waals surface area (Å²) in [6.45, 7) is 17.0. The minimum absolute atomic E-state index is 0.0388. The largest absolute Gasteiger partial charge is 0.480 e. The highest BCUT2D eigenvalue weighted by atomic mass is 32.2. The number of primary sulfonamides is 1. The van der Waals surface area contributed by atoms with Crippen LogP contribution in [-0.2, 0) is 25.6 Å². The molecule has 0 spiro atoms. The van der Waals surface area contributed by atoms with E-state index in [2.05, 4.69) is 65.9 Å². The molecule has 0 saturated heterocycles. The minimum atomic E-state index is -3.82. The first kappa shape index (κ1) is 29.8. The topological polar surface area (TPSA) is 98.5 Å². The van der Waals surface area contributed by atoms with E-state index in [0.717, 1.165) is 37.0 Å². The fourth-order valence-electron chi connectivity index (χ4n) is 4.03. The Morgan fingerprint density at radius 2 is 1.64 bits per heavy atom. The first-order valence-corrected chi connectivity index (χ1v) is 14.5. The van der Waals surface area contributed by atoms with Crippen molar-refractivity contribution in [1.29, 1.82) is 0 Å². The van der Waals surface area contributed by atoms with E-state index in [1.807, 2.05) is 6.07 Å². The van der Waals surface area contributed by atoms with Crippen molar-refractivity contribution in [3.05, 3.63) is 53.1 Å². The van der Waals surface area contributed by atoms with E-state index in [0.29, 0.717) is 17.7 Å². The monoisotopic (exact) mass is 516 g/mol. The van der Waals surface area contributed by atoms with Crippen molar-refractivity contribution >= 4 is 21.6 Å². The maximum Gasteiger partial charge on any atom is 0.265 e. The van der Waals surface area contributed by atoms with E-state index in [4.69, 9.17) is 9.88 Å². The van der Waals surface area contributed by atoms with Crippen molar-refractivity contribution in [3.63, 3.8) is 0 Å². The van der Waals surface area contributed by atoms with Crippen molar-refractivity contribution in [3.8, 4) is 5.75 Å². The number of carbonyl (C=O) groups is 1. The summed E-state index contributed by atoms with van der Waals surface area (Å²) in [5, 5.41) is 8.18. The molecule has 0 radical (unpaired) electrons. The fourth-order valence-corrected chi connectivity index (χ4v) is 4.80. The van der Waals surface area contributed by atoms with Crippen LogP contribution in [0.5, 0.6) is 5.75 Å². The maximum absolute atomic E-state index is 13.3. The summed E-state index contributed by atoms with van der Waals surface area (Å²) in [5.74, 6) is 0.471. The molecular formula is C29H44N2O4S. The van der Waals surface area contributed by atoms with Gasteiger partial charge in [-0.15, -0.1) is 0 Å². The zero-order chi connectivity index (χ0) is 27.3. The lowest BCUT2D eigenvalue weighted by atomic mass is 9.76. The number of aryl methyl sites for hydroxylation is 1. The number of hydrogen-bond acceptors (Lipinski definition) is 4. The predicted molar refractivity (Wildman–Crippen MR) is 148 cm³/mol. The molecule has 0 saturated carbocycles. The van der Waals surface area contributed by atoms with Gasteiger partial charge >= 0.3 is 0 Å². The first-order chi connectivity index (χ1) is 16.7. The standard InChI is InChI=1S/C29H44N2O4S/c1-9-12-13-25(27(32)31-22-15-17-26(20(4)18-22)36(30,33)34)35-24-16-14-21(28(5,6)10-2)19-23(24)29(7,8)11-3/h14-19,25H,9-13H2,1-8H3,(H,31,32)(H2,30,33,34). The molecule has 7 heteroatoms. The lowest BCUT2D eigenvalue weighted by molar-refractivity contribution is -0.123. The highest BCUT2D eigenvalue weighted by Gasteiger charge is 2.29. The van der Waals surface area contributed by atoms with Gasteiger partial charge in [0.15, 0.2) is 6.10 Å². The number of rotatable bonds is 12. The molecule has 0 aromatic heterocycles. The average Bonchev–Trinajstić information content (AvgIpc) is 2.80. The molecule has 1 amide bonds. The van der Waals surface area contributed by atoms with Crippen LogP contribution < -0.4 is 15.2 Å². The number of nitrogens with two attached hydrogens (primary N) is 1. The van der Waals surface area contributed by atoms with Crippen LogP contribution in [0.2, 0.25) is 0 Å². The van der Waals surface area contributed by atoms with Crippen LogP contribution >= 0.6 is 0 Å². The Bertz CT molecular complexity index is 1170. The summed E-state index contributed by atoms with van der Waals surface area (Å²) in [4.78, 5) is 13.4. The Hall–Kier alpha value is -2.38. The first-order valence-electron chi connectivity index (χ1n) is 12.9. The Kier molecular flexibility index (Phi) is 9.77. The number of sulfonamides is 1. The number of nitrogens with one attached hydrogen (secondary N) is 1. The smallest absolute Gasteiger partial charge is 0.265 e. The molecule has 36 heavy (non-hydrogen) atoms. The van der Waals surface area contributed by atoms with Crippen molar-refractivity contribution in [2.45, 2.75) is 109 Å². The highest BCUT2D eigenvalue weighted by Crippen LogP contribution is 2.39. The van der Waals surface area contributed by atoms with Gasteiger partial charge in [-0.25, -0.2) is 13.6 Å². The van der Waals surface area contributed by atoms with Crippen LogP contribution in [0.15, 0.2) is 41.3 Å². The Balaban J connectivity index is 2.41. The Labute approximate surface area is 218 Å². The molecule has 1 unspecified atom stereocenters. The van der Waals surface area contributed by atoms with Gasteiger partial charge in [-0.2, -0.15) is 0 Å². The van der Waals surface area contributed by atoms with E-state index < -0.39 is 16.1 Å². The van der Waals surface area contributed by atoms with Gasteiger partial charge in [0, 0.05) is 11.3 Å². The van der Waals surface area contributed by atoms with Crippen molar-refractivity contribution < 1.29 is 17.9 Å². The van der Waals surface area contributed by atoms with Crippen LogP contribution in [0.3, 0.4) is 0 Å². The van der Waals surface area contributed by atoms with Crippen molar-refractivity contribution in [2.75, 3.05) is 5.32 Å². The number of amides is 1. The molecule has 0 aliphatic rings. The minimum Gasteiger partial charge on any atom is -0.480 e. The van der Waals surface area contributed by atoms with Gasteiger partial charge < -0.3 is 10.1 Å². The molecule has 3 N–H and O–H groups in total. The molecule has 0 aliphatic carbocycles. The summed E-state index contributed by atoms with van der Waals surface area (Å²) in [7, 11) is -3.82. The fraction of sp³-hybridized carbons (Fsp3) is 0.552. The van der Waals surface area contributed by atoms with Gasteiger partial charge in [0.1, 0.15) is 5.75 Å². The molecule has 200 valence electrons. The van der Waals surface area contributed by atoms with Crippen LogP contribution in [0.25, 0.3) is 0 Å². The number of unbranched alkanes of at least 4 members (excludes halogenated alkanes) is 1. The molecule has 2 aromatic rings. The number of benzene rings is 2. The zero-order valence-electron chi connectivity index (χ0n) is 23.2. The predicted octanol–water partition coefficient (Wildman–Crippen LogP) is 6.59. The highest BCUT2D eigenvalue weighted by molar-refractivity contribution is 7.89. The van der Waals surface area contributed by atoms with Crippen LogP contribution in [0.1, 0.15) is 97.3 Å². The van der Waals surface area contributed by atoms with Gasteiger partial charge in [0.25, 0.3) is 5.91 Å². The quantitative estimate of drug-likeness (QED) is 0.332. The summed E-state index contributed by atoms with van der Waals surface area (Å²) >= 11 is 0. The summed E-state index contributed by atoms with van der Waals surface area (Å²) in [6, 6.07) is 10.9. The third-order valence-electron chi connectivity index (χ3n) is 7.39. The second-order valence-corrected chi connectivity index (χ2v) is 12.5. The molecular weight excluding hydrogens is 472 g/mol. The zero-order valence-corrected chi connectivity index (χ0v) is 24.0. The summed E-state index contributed by atoms with van der Waals surface area (Å²) < 4.78 is 29.9. The van der Waals surface area contributed by atoms with E-state index in [9.17, 15) is 13.2 Å². The molecule has 0 aliphatic heterocycles. The van der Waals surface area contributed by atoms with Crippen LogP contribution in [-0.4, -0.2) is 20.4 Å². The lowest BCUT2D eigenvalue weighted by Crippen LogP contribution is -2.34. The Morgan fingerprint density at radius 3 is 2.17 bits per heavy atom. The van der Waals surface area contributed by atoms with E-state index in [1.54, 1.807) is 19.1 Å².